The third-order valence-corrected chi connectivity index (χ3v) is 4.26. The zero-order chi connectivity index (χ0) is 12.6. The molecule has 17 heavy (non-hydrogen) atoms. The van der Waals surface area contributed by atoms with E-state index in [0.717, 1.165) is 12.8 Å². The van der Waals surface area contributed by atoms with Gasteiger partial charge in [0.1, 0.15) is 6.04 Å². The molecule has 0 radical (unpaired) electrons. The van der Waals surface area contributed by atoms with Crippen molar-refractivity contribution in [2.24, 2.45) is 0 Å². The lowest BCUT2D eigenvalue weighted by molar-refractivity contribution is -0.143. The van der Waals surface area contributed by atoms with Gasteiger partial charge in [0.15, 0.2) is 0 Å². The van der Waals surface area contributed by atoms with E-state index in [0.29, 0.717) is 4.31 Å². The molecular formula is C8H13N3O5S. The van der Waals surface area contributed by atoms with Gasteiger partial charge >= 0.3 is 5.97 Å². The Hall–Kier alpha value is -1.19. The smallest absolute Gasteiger partial charge is 0.323 e. The number of hydrogen-bond donors (Lipinski definition) is 3. The van der Waals surface area contributed by atoms with E-state index in [-0.39, 0.29) is 12.6 Å². The number of aliphatic carboxylic acids is 1. The lowest BCUT2D eigenvalue weighted by Gasteiger charge is -2.31. The summed E-state index contributed by atoms with van der Waals surface area (Å²) in [6.07, 6.45) is 1.49. The van der Waals surface area contributed by atoms with Gasteiger partial charge in [-0.15, -0.1) is 0 Å². The summed E-state index contributed by atoms with van der Waals surface area (Å²) in [7, 11) is -3.91. The van der Waals surface area contributed by atoms with Crippen LogP contribution in [0.5, 0.6) is 0 Å². The van der Waals surface area contributed by atoms with Gasteiger partial charge in [0.2, 0.25) is 5.91 Å². The predicted molar refractivity (Wildman–Crippen MR) is 56.2 cm³/mol. The van der Waals surface area contributed by atoms with E-state index in [2.05, 4.69) is 10.0 Å². The Kier molecular flexibility index (Phi) is 3.06. The van der Waals surface area contributed by atoms with E-state index in [1.165, 1.54) is 0 Å². The van der Waals surface area contributed by atoms with Gasteiger partial charge in [0, 0.05) is 12.6 Å². The lowest BCUT2D eigenvalue weighted by atomic mass is 10.2. The zero-order valence-electron chi connectivity index (χ0n) is 8.92. The minimum absolute atomic E-state index is 0.126. The van der Waals surface area contributed by atoms with E-state index in [1.807, 2.05) is 0 Å². The molecule has 1 atom stereocenters. The zero-order valence-corrected chi connectivity index (χ0v) is 9.74. The van der Waals surface area contributed by atoms with Crippen molar-refractivity contribution in [2.75, 3.05) is 13.1 Å². The topological polar surface area (TPSA) is 116 Å². The summed E-state index contributed by atoms with van der Waals surface area (Å²) in [6, 6.07) is -1.37. The molecule has 3 N–H and O–H groups in total. The largest absolute Gasteiger partial charge is 0.480 e. The monoisotopic (exact) mass is 263 g/mol. The highest BCUT2D eigenvalue weighted by Gasteiger charge is 2.41. The Balaban J connectivity index is 2.18. The molecule has 2 fully saturated rings. The first-order valence-electron chi connectivity index (χ1n) is 5.19. The van der Waals surface area contributed by atoms with Crippen molar-refractivity contribution < 1.29 is 23.1 Å². The van der Waals surface area contributed by atoms with Gasteiger partial charge in [-0.05, 0) is 12.8 Å². The van der Waals surface area contributed by atoms with Crippen LogP contribution in [-0.2, 0) is 19.8 Å². The van der Waals surface area contributed by atoms with Crippen molar-refractivity contribution in [1.29, 1.82) is 0 Å². The van der Waals surface area contributed by atoms with Crippen molar-refractivity contribution in [3.63, 3.8) is 0 Å². The molecular weight excluding hydrogens is 250 g/mol. The average molecular weight is 263 g/mol. The first-order chi connectivity index (χ1) is 7.90. The summed E-state index contributed by atoms with van der Waals surface area (Å²) in [4.78, 5) is 22.1. The standard InChI is InChI=1S/C8H13N3O5S/c12-7-4-11(6(3-9-7)8(13)14)17(15,16)10-5-1-2-5/h5-6,10H,1-4H2,(H,9,12)(H,13,14). The van der Waals surface area contributed by atoms with E-state index in [4.69, 9.17) is 5.11 Å². The molecule has 1 saturated carbocycles. The Morgan fingerprint density at radius 2 is 2.12 bits per heavy atom. The van der Waals surface area contributed by atoms with Crippen molar-refractivity contribution >= 4 is 22.1 Å². The molecule has 2 aliphatic rings. The average Bonchev–Trinajstić information content (AvgIpc) is 3.00. The van der Waals surface area contributed by atoms with Crippen molar-refractivity contribution in [3.05, 3.63) is 0 Å². The lowest BCUT2D eigenvalue weighted by Crippen LogP contribution is -2.61. The first kappa shape index (κ1) is 12.3. The molecule has 1 saturated heterocycles. The van der Waals surface area contributed by atoms with E-state index in [1.54, 1.807) is 0 Å². The van der Waals surface area contributed by atoms with Gasteiger partial charge in [-0.2, -0.15) is 17.4 Å². The second-order valence-corrected chi connectivity index (χ2v) is 5.76. The Bertz CT molecular complexity index is 444. The van der Waals surface area contributed by atoms with Gasteiger partial charge in [0.25, 0.3) is 10.2 Å². The van der Waals surface area contributed by atoms with Crippen LogP contribution in [0.1, 0.15) is 12.8 Å². The number of piperazine rings is 1. The number of nitrogens with one attached hydrogen (secondary N) is 2. The maximum Gasteiger partial charge on any atom is 0.323 e. The molecule has 1 aliphatic heterocycles. The fraction of sp³-hybridized carbons (Fsp3) is 0.750. The normalized spacial score (nSPS) is 26.6. The van der Waals surface area contributed by atoms with E-state index >= 15 is 0 Å². The van der Waals surface area contributed by atoms with Crippen molar-refractivity contribution in [3.8, 4) is 0 Å². The molecule has 0 aromatic carbocycles. The second kappa shape index (κ2) is 4.24. The molecule has 1 amide bonds. The summed E-state index contributed by atoms with van der Waals surface area (Å²) in [5.41, 5.74) is 0. The molecule has 9 heteroatoms. The van der Waals surface area contributed by atoms with Crippen LogP contribution in [0, 0.1) is 0 Å². The Morgan fingerprint density at radius 1 is 1.47 bits per heavy atom. The maximum absolute atomic E-state index is 11.9. The fourth-order valence-corrected chi connectivity index (χ4v) is 3.14. The molecule has 1 aliphatic carbocycles. The third-order valence-electron chi connectivity index (χ3n) is 2.63. The molecule has 0 bridgehead atoms. The quantitative estimate of drug-likeness (QED) is 0.535. The highest BCUT2D eigenvalue weighted by molar-refractivity contribution is 7.87. The van der Waals surface area contributed by atoms with Gasteiger partial charge < -0.3 is 10.4 Å². The molecule has 0 aromatic heterocycles. The third kappa shape index (κ3) is 2.73. The van der Waals surface area contributed by atoms with Crippen LogP contribution >= 0.6 is 0 Å². The van der Waals surface area contributed by atoms with E-state index < -0.39 is 34.7 Å². The molecule has 0 aromatic rings. The van der Waals surface area contributed by atoms with Gasteiger partial charge in [-0.3, -0.25) is 9.59 Å². The number of carboxylic acids is 1. The van der Waals surface area contributed by atoms with Crippen LogP contribution in [-0.4, -0.2) is 54.9 Å². The molecule has 96 valence electrons. The number of rotatable bonds is 4. The number of nitrogens with zero attached hydrogens (tertiary/aromatic N) is 1. The first-order valence-corrected chi connectivity index (χ1v) is 6.63. The number of hydrogen-bond acceptors (Lipinski definition) is 4. The van der Waals surface area contributed by atoms with Crippen LogP contribution in [0.2, 0.25) is 0 Å². The number of carbonyl (C=O) groups excluding carboxylic acids is 1. The van der Waals surface area contributed by atoms with Crippen LogP contribution in [0.15, 0.2) is 0 Å². The van der Waals surface area contributed by atoms with Crippen LogP contribution in [0.4, 0.5) is 0 Å². The maximum atomic E-state index is 11.9. The summed E-state index contributed by atoms with van der Waals surface area (Å²) in [6.45, 7) is -0.668. The Labute approximate surface area is 98.2 Å². The summed E-state index contributed by atoms with van der Waals surface area (Å²) in [5, 5.41) is 11.3. The highest BCUT2D eigenvalue weighted by Crippen LogP contribution is 2.21. The fourth-order valence-electron chi connectivity index (χ4n) is 1.56. The van der Waals surface area contributed by atoms with Crippen molar-refractivity contribution in [2.45, 2.75) is 24.9 Å². The Morgan fingerprint density at radius 3 is 2.65 bits per heavy atom. The van der Waals surface area contributed by atoms with Crippen LogP contribution in [0.25, 0.3) is 0 Å². The molecule has 1 unspecified atom stereocenters. The minimum Gasteiger partial charge on any atom is -0.480 e. The molecule has 8 nitrogen and oxygen atoms in total. The number of amides is 1. The van der Waals surface area contributed by atoms with Gasteiger partial charge in [-0.25, -0.2) is 0 Å². The SMILES string of the molecule is O=C1CN(S(=O)(=O)NC2CC2)C(C(=O)O)CN1. The van der Waals surface area contributed by atoms with Crippen LogP contribution < -0.4 is 10.0 Å². The summed E-state index contributed by atoms with van der Waals surface area (Å²) < 4.78 is 26.8. The number of carboxylic acid groups (broad SMARTS) is 1. The van der Waals surface area contributed by atoms with Gasteiger partial charge in [0.05, 0.1) is 6.54 Å². The predicted octanol–water partition coefficient (Wildman–Crippen LogP) is -2.13. The molecule has 0 spiro atoms. The number of carbonyl (C=O) groups is 2. The molecule has 1 heterocycles. The van der Waals surface area contributed by atoms with Crippen LogP contribution in [0.3, 0.4) is 0 Å². The van der Waals surface area contributed by atoms with Crippen molar-refractivity contribution in [1.82, 2.24) is 14.3 Å². The summed E-state index contributed by atoms with van der Waals surface area (Å²) >= 11 is 0. The van der Waals surface area contributed by atoms with E-state index in [9.17, 15) is 18.0 Å². The summed E-state index contributed by atoms with van der Waals surface area (Å²) in [5.74, 6) is -1.77. The second-order valence-electron chi connectivity index (χ2n) is 4.10. The highest BCUT2D eigenvalue weighted by atomic mass is 32.2. The minimum atomic E-state index is -3.91. The molecule has 2 rings (SSSR count). The van der Waals surface area contributed by atoms with Gasteiger partial charge in [-0.1, -0.05) is 0 Å².